The minimum Gasteiger partial charge on any atom is -0.452 e. The number of amides is 3. The number of nitrogens with zero attached hydrogens (tertiary/aromatic N) is 1. The number of rotatable bonds is 6. The fraction of sp³-hybridized carbons (Fsp3) is 0.143. The van der Waals surface area contributed by atoms with E-state index in [-0.39, 0.29) is 6.54 Å². The Morgan fingerprint density at radius 3 is 2.58 bits per heavy atom. The van der Waals surface area contributed by atoms with Crippen molar-refractivity contribution in [2.75, 3.05) is 6.61 Å². The molecule has 0 unspecified atom stereocenters. The second-order valence-electron chi connectivity index (χ2n) is 8.31. The largest absolute Gasteiger partial charge is 0.452 e. The number of para-hydroxylation sites is 1. The van der Waals surface area contributed by atoms with Gasteiger partial charge in [-0.05, 0) is 53.1 Å². The Balaban J connectivity index is 1.29. The number of carbonyl (C=O) groups is 3. The molecule has 1 aliphatic rings. The van der Waals surface area contributed by atoms with Crippen LogP contribution in [0.15, 0.2) is 72.1 Å². The molecule has 2 heterocycles. The van der Waals surface area contributed by atoms with E-state index in [9.17, 15) is 14.4 Å². The lowest BCUT2D eigenvalue weighted by molar-refractivity contribution is -0.123. The number of imide groups is 1. The lowest BCUT2D eigenvalue weighted by Crippen LogP contribution is -2.41. The zero-order chi connectivity index (χ0) is 24.9. The summed E-state index contributed by atoms with van der Waals surface area (Å²) in [6, 6.07) is 20.1. The average Bonchev–Trinajstić information content (AvgIpc) is 3.56. The molecule has 3 amide bonds. The Morgan fingerprint density at radius 2 is 1.78 bits per heavy atom. The van der Waals surface area contributed by atoms with Crippen LogP contribution in [0.1, 0.15) is 38.5 Å². The van der Waals surface area contributed by atoms with Crippen LogP contribution in [0.25, 0.3) is 22.6 Å². The molecule has 8 heteroatoms. The summed E-state index contributed by atoms with van der Waals surface area (Å²) >= 11 is 1.64. The van der Waals surface area contributed by atoms with Crippen LogP contribution in [0.2, 0.25) is 0 Å². The Kier molecular flexibility index (Phi) is 6.86. The predicted octanol–water partition coefficient (Wildman–Crippen LogP) is 4.97. The van der Waals surface area contributed by atoms with Crippen LogP contribution in [-0.2, 0) is 22.5 Å². The summed E-state index contributed by atoms with van der Waals surface area (Å²) in [5.74, 6) is -1.32. The maximum atomic E-state index is 13.2. The summed E-state index contributed by atoms with van der Waals surface area (Å²) in [7, 11) is 0. The van der Waals surface area contributed by atoms with Gasteiger partial charge in [0, 0.05) is 16.8 Å². The molecule has 1 aliphatic carbocycles. The third-order valence-corrected chi connectivity index (χ3v) is 6.71. The van der Waals surface area contributed by atoms with Crippen molar-refractivity contribution in [3.8, 4) is 0 Å². The lowest BCUT2D eigenvalue weighted by Gasteiger charge is -2.12. The molecule has 2 N–H and O–H groups in total. The van der Waals surface area contributed by atoms with E-state index in [0.717, 1.165) is 33.7 Å². The normalized spacial score (nSPS) is 13.4. The van der Waals surface area contributed by atoms with Crippen LogP contribution >= 0.6 is 11.3 Å². The monoisotopic (exact) mass is 497 g/mol. The maximum Gasteiger partial charge on any atom is 0.339 e. The zero-order valence-electron chi connectivity index (χ0n) is 19.3. The first-order valence-corrected chi connectivity index (χ1v) is 12.4. The van der Waals surface area contributed by atoms with Gasteiger partial charge in [0.2, 0.25) is 0 Å². The summed E-state index contributed by atoms with van der Waals surface area (Å²) in [6.45, 7) is -0.295. The minimum absolute atomic E-state index is 0.274. The molecule has 0 bridgehead atoms. The number of aromatic nitrogens is 1. The number of esters is 1. The van der Waals surface area contributed by atoms with Crippen molar-refractivity contribution in [2.45, 2.75) is 19.4 Å². The molecule has 5 rings (SSSR count). The second kappa shape index (κ2) is 10.5. The Morgan fingerprint density at radius 1 is 0.972 bits per heavy atom. The van der Waals surface area contributed by atoms with Crippen molar-refractivity contribution in [1.82, 2.24) is 15.6 Å². The summed E-state index contributed by atoms with van der Waals surface area (Å²) < 4.78 is 5.35. The number of fused-ring (bicyclic) bond motifs is 2. The molecule has 2 aromatic heterocycles. The van der Waals surface area contributed by atoms with Gasteiger partial charge in [-0.2, -0.15) is 0 Å². The summed E-state index contributed by atoms with van der Waals surface area (Å²) in [5.41, 5.74) is 4.69. The standard InChI is InChI=1S/C28H23N3O4S/c32-24(31-28(34)29-16-18-7-2-1-3-8-18)17-35-27(33)25-21-10-4-5-11-23(21)30-26-19(12-13-22(25)26)15-20-9-6-14-36-20/h1-11,14-15H,12-13,16-17H2,(H2,29,31,32,34)/b19-15+. The zero-order valence-corrected chi connectivity index (χ0v) is 20.1. The van der Waals surface area contributed by atoms with Gasteiger partial charge in [0.15, 0.2) is 6.61 Å². The average molecular weight is 498 g/mol. The Hall–Kier alpha value is -4.30. The number of hydrogen-bond acceptors (Lipinski definition) is 6. The number of carbonyl (C=O) groups excluding carboxylic acids is 3. The number of thiophene rings is 1. The molecule has 7 nitrogen and oxygen atoms in total. The quantitative estimate of drug-likeness (QED) is 0.367. The van der Waals surface area contributed by atoms with Gasteiger partial charge in [0.25, 0.3) is 5.91 Å². The van der Waals surface area contributed by atoms with Crippen LogP contribution in [0.5, 0.6) is 0 Å². The maximum absolute atomic E-state index is 13.2. The van der Waals surface area contributed by atoms with E-state index >= 15 is 0 Å². The van der Waals surface area contributed by atoms with Crippen LogP contribution in [0.4, 0.5) is 4.79 Å². The van der Waals surface area contributed by atoms with Crippen LogP contribution in [0.3, 0.4) is 0 Å². The van der Waals surface area contributed by atoms with Gasteiger partial charge in [-0.15, -0.1) is 11.3 Å². The van der Waals surface area contributed by atoms with Crippen molar-refractivity contribution in [1.29, 1.82) is 0 Å². The molecule has 0 saturated carbocycles. The Bertz CT molecular complexity index is 1460. The van der Waals surface area contributed by atoms with Gasteiger partial charge in [-0.25, -0.2) is 14.6 Å². The molecule has 0 aliphatic heterocycles. The number of nitrogens with one attached hydrogen (secondary N) is 2. The van der Waals surface area contributed by atoms with Crippen molar-refractivity contribution < 1.29 is 19.1 Å². The number of ether oxygens (including phenoxy) is 1. The van der Waals surface area contributed by atoms with Gasteiger partial charge in [0.05, 0.1) is 16.8 Å². The van der Waals surface area contributed by atoms with E-state index in [0.29, 0.717) is 22.9 Å². The SMILES string of the molecule is O=C(COC(=O)c1c2c(nc3ccccc13)/C(=C/c1cccs1)CC2)NC(=O)NCc1ccccc1. The first kappa shape index (κ1) is 23.4. The highest BCUT2D eigenvalue weighted by Crippen LogP contribution is 2.38. The second-order valence-corrected chi connectivity index (χ2v) is 9.29. The molecule has 4 aromatic rings. The third-order valence-electron chi connectivity index (χ3n) is 5.89. The summed E-state index contributed by atoms with van der Waals surface area (Å²) in [5, 5.41) is 7.50. The van der Waals surface area contributed by atoms with Crippen LogP contribution in [0, 0.1) is 0 Å². The van der Waals surface area contributed by atoms with Gasteiger partial charge in [-0.3, -0.25) is 10.1 Å². The fourth-order valence-electron chi connectivity index (χ4n) is 4.25. The van der Waals surface area contributed by atoms with E-state index in [1.54, 1.807) is 11.3 Å². The molecular formula is C28H23N3O4S. The van der Waals surface area contributed by atoms with Crippen LogP contribution < -0.4 is 10.6 Å². The number of benzene rings is 2. The first-order chi connectivity index (χ1) is 17.6. The van der Waals surface area contributed by atoms with Crippen molar-refractivity contribution in [3.05, 3.63) is 99.4 Å². The topological polar surface area (TPSA) is 97.4 Å². The number of allylic oxidation sites excluding steroid dienone is 1. The van der Waals surface area contributed by atoms with E-state index in [4.69, 9.17) is 9.72 Å². The summed E-state index contributed by atoms with van der Waals surface area (Å²) in [6.07, 6.45) is 3.52. The molecule has 0 saturated heterocycles. The van der Waals surface area contributed by atoms with E-state index in [1.165, 1.54) is 0 Å². The predicted molar refractivity (Wildman–Crippen MR) is 139 cm³/mol. The van der Waals surface area contributed by atoms with E-state index in [1.807, 2.05) is 72.1 Å². The molecule has 0 atom stereocenters. The highest BCUT2D eigenvalue weighted by atomic mass is 32.1. The van der Waals surface area contributed by atoms with E-state index < -0.39 is 24.5 Å². The summed E-state index contributed by atoms with van der Waals surface area (Å²) in [4.78, 5) is 43.5. The molecule has 36 heavy (non-hydrogen) atoms. The van der Waals surface area contributed by atoms with Crippen LogP contribution in [-0.4, -0.2) is 29.5 Å². The molecule has 0 spiro atoms. The third kappa shape index (κ3) is 5.18. The highest BCUT2D eigenvalue weighted by molar-refractivity contribution is 7.10. The minimum atomic E-state index is -0.706. The van der Waals surface area contributed by atoms with Crippen molar-refractivity contribution in [2.24, 2.45) is 0 Å². The number of pyridine rings is 1. The highest BCUT2D eigenvalue weighted by Gasteiger charge is 2.28. The first-order valence-electron chi connectivity index (χ1n) is 11.5. The molecule has 0 fully saturated rings. The number of urea groups is 1. The molecular weight excluding hydrogens is 474 g/mol. The van der Waals surface area contributed by atoms with Crippen molar-refractivity contribution >= 4 is 51.8 Å². The fourth-order valence-corrected chi connectivity index (χ4v) is 4.93. The van der Waals surface area contributed by atoms with E-state index in [2.05, 4.69) is 16.7 Å². The lowest BCUT2D eigenvalue weighted by atomic mass is 10.0. The molecule has 180 valence electrons. The van der Waals surface area contributed by atoms with Gasteiger partial charge < -0.3 is 10.1 Å². The van der Waals surface area contributed by atoms with Gasteiger partial charge >= 0.3 is 12.0 Å². The van der Waals surface area contributed by atoms with Crippen molar-refractivity contribution in [3.63, 3.8) is 0 Å². The van der Waals surface area contributed by atoms with Gasteiger partial charge in [-0.1, -0.05) is 54.6 Å². The Labute approximate surface area is 211 Å². The van der Waals surface area contributed by atoms with Gasteiger partial charge in [0.1, 0.15) is 0 Å². The molecule has 2 aromatic carbocycles. The number of hydrogen-bond donors (Lipinski definition) is 2. The molecule has 0 radical (unpaired) electrons. The smallest absolute Gasteiger partial charge is 0.339 e.